The van der Waals surface area contributed by atoms with Crippen LogP contribution in [0.15, 0.2) is 6.07 Å². The van der Waals surface area contributed by atoms with E-state index in [0.29, 0.717) is 15.9 Å². The zero-order valence-electron chi connectivity index (χ0n) is 6.74. The quantitative estimate of drug-likeness (QED) is 0.539. The van der Waals surface area contributed by atoms with E-state index in [1.165, 1.54) is 11.3 Å². The van der Waals surface area contributed by atoms with E-state index < -0.39 is 0 Å². The first-order valence-electron chi connectivity index (χ1n) is 3.59. The van der Waals surface area contributed by atoms with Crippen molar-refractivity contribution in [2.75, 3.05) is 0 Å². The minimum absolute atomic E-state index is 0.417. The molecule has 0 saturated heterocycles. The normalized spacial score (nSPS) is 10.6. The predicted octanol–water partition coefficient (Wildman–Crippen LogP) is 2.47. The highest BCUT2D eigenvalue weighted by Crippen LogP contribution is 2.28. The van der Waals surface area contributed by atoms with Crippen LogP contribution in [0.4, 0.5) is 0 Å². The van der Waals surface area contributed by atoms with Crippen LogP contribution in [0.2, 0.25) is 5.15 Å². The number of aryl methyl sites for hydroxylation is 1. The van der Waals surface area contributed by atoms with Crippen molar-refractivity contribution in [3.63, 3.8) is 0 Å². The molecule has 5 heteroatoms. The van der Waals surface area contributed by atoms with Gasteiger partial charge in [0.05, 0.1) is 15.1 Å². The predicted molar refractivity (Wildman–Crippen MR) is 52.5 cm³/mol. The number of aldehydes is 1. The molecule has 0 amide bonds. The van der Waals surface area contributed by atoms with Crippen molar-refractivity contribution in [1.82, 2.24) is 9.97 Å². The second kappa shape index (κ2) is 3.05. The van der Waals surface area contributed by atoms with E-state index in [9.17, 15) is 4.79 Å². The zero-order valence-corrected chi connectivity index (χ0v) is 8.32. The lowest BCUT2D eigenvalue weighted by Crippen LogP contribution is -1.86. The number of carbonyl (C=O) groups excluding carboxylic acids is 1. The van der Waals surface area contributed by atoms with Gasteiger partial charge in [-0.05, 0) is 13.0 Å². The third kappa shape index (κ3) is 1.43. The monoisotopic (exact) mass is 212 g/mol. The average molecular weight is 213 g/mol. The van der Waals surface area contributed by atoms with Crippen LogP contribution in [-0.2, 0) is 0 Å². The van der Waals surface area contributed by atoms with E-state index in [4.69, 9.17) is 11.6 Å². The molecule has 0 N–H and O–H groups in total. The molecule has 66 valence electrons. The molecule has 0 fully saturated rings. The Labute approximate surface area is 83.4 Å². The Morgan fingerprint density at radius 1 is 1.54 bits per heavy atom. The average Bonchev–Trinajstić information content (AvgIpc) is 2.47. The van der Waals surface area contributed by atoms with Gasteiger partial charge in [0.15, 0.2) is 11.4 Å². The Kier molecular flexibility index (Phi) is 2.01. The molecule has 0 aliphatic heterocycles. The second-order valence-corrected chi connectivity index (χ2v) is 3.98. The summed E-state index contributed by atoms with van der Waals surface area (Å²) < 4.78 is 0.773. The highest BCUT2D eigenvalue weighted by Gasteiger charge is 2.07. The molecule has 0 radical (unpaired) electrons. The Bertz CT molecular complexity index is 480. The van der Waals surface area contributed by atoms with Gasteiger partial charge < -0.3 is 0 Å². The molecule has 2 rings (SSSR count). The number of fused-ring (bicyclic) bond motifs is 1. The maximum atomic E-state index is 10.5. The number of nitrogens with zero attached hydrogens (tertiary/aromatic N) is 2. The molecule has 0 bridgehead atoms. The Morgan fingerprint density at radius 3 is 3.00 bits per heavy atom. The first-order chi connectivity index (χ1) is 6.20. The number of thiophene rings is 1. The summed E-state index contributed by atoms with van der Waals surface area (Å²) in [6.45, 7) is 1.77. The number of carbonyl (C=O) groups is 1. The fourth-order valence-electron chi connectivity index (χ4n) is 1.08. The largest absolute Gasteiger partial charge is 0.297 e. The molecule has 0 aliphatic carbocycles. The molecule has 0 spiro atoms. The molecule has 2 aromatic heterocycles. The third-order valence-corrected chi connectivity index (χ3v) is 3.02. The molecule has 0 aliphatic rings. The van der Waals surface area contributed by atoms with Gasteiger partial charge in [-0.2, -0.15) is 0 Å². The number of hydrogen-bond acceptors (Lipinski definition) is 4. The molecular weight excluding hydrogens is 208 g/mol. The molecule has 2 aromatic rings. The van der Waals surface area contributed by atoms with E-state index in [0.717, 1.165) is 16.5 Å². The van der Waals surface area contributed by atoms with Crippen LogP contribution >= 0.6 is 22.9 Å². The van der Waals surface area contributed by atoms with Crippen molar-refractivity contribution in [3.05, 3.63) is 21.9 Å². The summed E-state index contributed by atoms with van der Waals surface area (Å²) in [4.78, 5) is 19.3. The molecule has 13 heavy (non-hydrogen) atoms. The van der Waals surface area contributed by atoms with E-state index in [1.54, 1.807) is 13.0 Å². The Morgan fingerprint density at radius 2 is 2.31 bits per heavy atom. The van der Waals surface area contributed by atoms with E-state index in [-0.39, 0.29) is 0 Å². The van der Waals surface area contributed by atoms with Gasteiger partial charge >= 0.3 is 0 Å². The fraction of sp³-hybridized carbons (Fsp3) is 0.125. The molecule has 0 saturated carbocycles. The van der Waals surface area contributed by atoms with Gasteiger partial charge in [-0.15, -0.1) is 11.3 Å². The second-order valence-electron chi connectivity index (χ2n) is 2.54. The van der Waals surface area contributed by atoms with Crippen LogP contribution in [0.25, 0.3) is 10.2 Å². The molecule has 0 aromatic carbocycles. The Balaban J connectivity index is 2.82. The number of rotatable bonds is 1. The molecule has 3 nitrogen and oxygen atoms in total. The van der Waals surface area contributed by atoms with Crippen LogP contribution in [0.3, 0.4) is 0 Å². The van der Waals surface area contributed by atoms with E-state index >= 15 is 0 Å². The lowest BCUT2D eigenvalue weighted by Gasteiger charge is -1.93. The van der Waals surface area contributed by atoms with Gasteiger partial charge in [0.2, 0.25) is 0 Å². The van der Waals surface area contributed by atoms with Crippen molar-refractivity contribution in [3.8, 4) is 0 Å². The number of halogens is 1. The summed E-state index contributed by atoms with van der Waals surface area (Å²) in [6, 6.07) is 1.72. The lowest BCUT2D eigenvalue weighted by atomic mass is 10.4. The first kappa shape index (κ1) is 8.59. The topological polar surface area (TPSA) is 42.9 Å². The molecule has 0 atom stereocenters. The molecule has 2 heterocycles. The Hall–Kier alpha value is -1.00. The van der Waals surface area contributed by atoms with Crippen molar-refractivity contribution >= 4 is 39.4 Å². The van der Waals surface area contributed by atoms with Gasteiger partial charge in [-0.25, -0.2) is 9.97 Å². The van der Waals surface area contributed by atoms with Crippen LogP contribution in [0, 0.1) is 6.92 Å². The van der Waals surface area contributed by atoms with Gasteiger partial charge in [0.1, 0.15) is 5.82 Å². The fourth-order valence-corrected chi connectivity index (χ4v) is 2.21. The van der Waals surface area contributed by atoms with Crippen LogP contribution in [0.5, 0.6) is 0 Å². The van der Waals surface area contributed by atoms with E-state index in [1.807, 2.05) is 0 Å². The minimum atomic E-state index is 0.417. The smallest absolute Gasteiger partial charge is 0.160 e. The van der Waals surface area contributed by atoms with Crippen molar-refractivity contribution in [1.29, 1.82) is 0 Å². The van der Waals surface area contributed by atoms with Crippen LogP contribution < -0.4 is 0 Å². The highest BCUT2D eigenvalue weighted by atomic mass is 35.5. The van der Waals surface area contributed by atoms with Crippen LogP contribution in [0.1, 0.15) is 15.5 Å². The summed E-state index contributed by atoms with van der Waals surface area (Å²) in [5.41, 5.74) is 0.740. The zero-order chi connectivity index (χ0) is 9.42. The molecular formula is C8H5ClN2OS. The summed E-state index contributed by atoms with van der Waals surface area (Å²) in [5.74, 6) is 0.618. The van der Waals surface area contributed by atoms with Crippen LogP contribution in [-0.4, -0.2) is 16.3 Å². The SMILES string of the molecule is Cc1nc(Cl)c2sc(C=O)cc2n1. The van der Waals surface area contributed by atoms with Gasteiger partial charge in [0, 0.05) is 0 Å². The van der Waals surface area contributed by atoms with Crippen molar-refractivity contribution < 1.29 is 4.79 Å². The van der Waals surface area contributed by atoms with Crippen molar-refractivity contribution in [2.45, 2.75) is 6.92 Å². The number of aromatic nitrogens is 2. The first-order valence-corrected chi connectivity index (χ1v) is 4.79. The third-order valence-electron chi connectivity index (χ3n) is 1.58. The maximum Gasteiger partial charge on any atom is 0.160 e. The summed E-state index contributed by atoms with van der Waals surface area (Å²) >= 11 is 7.18. The molecule has 0 unspecified atom stereocenters. The van der Waals surface area contributed by atoms with Gasteiger partial charge in [-0.1, -0.05) is 11.6 Å². The standard InChI is InChI=1S/C8H5ClN2OS/c1-4-10-6-2-5(3-12)13-7(6)8(9)11-4/h2-3H,1H3. The lowest BCUT2D eigenvalue weighted by molar-refractivity contribution is 0.112. The minimum Gasteiger partial charge on any atom is -0.297 e. The summed E-state index contributed by atoms with van der Waals surface area (Å²) in [7, 11) is 0. The van der Waals surface area contributed by atoms with Gasteiger partial charge in [-0.3, -0.25) is 4.79 Å². The van der Waals surface area contributed by atoms with Gasteiger partial charge in [0.25, 0.3) is 0 Å². The maximum absolute atomic E-state index is 10.5. The highest BCUT2D eigenvalue weighted by molar-refractivity contribution is 7.21. The summed E-state index contributed by atoms with van der Waals surface area (Å²) in [5, 5.41) is 0.417. The number of hydrogen-bond donors (Lipinski definition) is 0. The summed E-state index contributed by atoms with van der Waals surface area (Å²) in [6.07, 6.45) is 0.790. The van der Waals surface area contributed by atoms with Crippen molar-refractivity contribution in [2.24, 2.45) is 0 Å². The van der Waals surface area contributed by atoms with E-state index in [2.05, 4.69) is 9.97 Å².